The molecule has 4 aromatic rings. The zero-order valence-electron chi connectivity index (χ0n) is 15.7. The van der Waals surface area contributed by atoms with Gasteiger partial charge in [-0.05, 0) is 42.3 Å². The SMILES string of the molecule is CCc1ccccc1NC(=O)CSc1ncnc2c1cnn2-c1ccc(Cl)cc1. The Morgan fingerprint density at radius 1 is 1.14 bits per heavy atom. The number of amides is 1. The van der Waals surface area contributed by atoms with Crippen molar-refractivity contribution in [3.63, 3.8) is 0 Å². The number of carbonyl (C=O) groups excluding carboxylic acids is 1. The van der Waals surface area contributed by atoms with E-state index in [-0.39, 0.29) is 11.7 Å². The van der Waals surface area contributed by atoms with Crippen LogP contribution < -0.4 is 5.32 Å². The van der Waals surface area contributed by atoms with Crippen LogP contribution >= 0.6 is 23.4 Å². The van der Waals surface area contributed by atoms with Crippen LogP contribution in [0.5, 0.6) is 0 Å². The fraction of sp³-hybridized carbons (Fsp3) is 0.143. The lowest BCUT2D eigenvalue weighted by Gasteiger charge is -2.09. The first-order valence-corrected chi connectivity index (χ1v) is 10.5. The van der Waals surface area contributed by atoms with Gasteiger partial charge in [-0.1, -0.05) is 48.5 Å². The molecule has 0 saturated heterocycles. The summed E-state index contributed by atoms with van der Waals surface area (Å²) in [6, 6.07) is 15.2. The van der Waals surface area contributed by atoms with E-state index in [0.717, 1.165) is 28.7 Å². The van der Waals surface area contributed by atoms with Gasteiger partial charge in [0, 0.05) is 10.7 Å². The largest absolute Gasteiger partial charge is 0.325 e. The van der Waals surface area contributed by atoms with E-state index in [9.17, 15) is 4.79 Å². The molecule has 0 aliphatic carbocycles. The maximum absolute atomic E-state index is 12.4. The molecule has 6 nitrogen and oxygen atoms in total. The number of halogens is 1. The molecule has 0 aliphatic heterocycles. The number of carbonyl (C=O) groups is 1. The maximum atomic E-state index is 12.4. The molecule has 0 unspecified atom stereocenters. The standard InChI is InChI=1S/C21H18ClN5OS/c1-2-14-5-3-4-6-18(14)26-19(28)12-29-21-17-11-25-27(20(17)23-13-24-21)16-9-7-15(22)8-10-16/h3-11,13H,2,12H2,1H3,(H,26,28). The molecule has 0 spiro atoms. The molecular weight excluding hydrogens is 406 g/mol. The molecule has 4 rings (SSSR count). The second-order valence-corrected chi connectivity index (χ2v) is 7.70. The maximum Gasteiger partial charge on any atom is 0.234 e. The number of nitrogens with zero attached hydrogens (tertiary/aromatic N) is 4. The van der Waals surface area contributed by atoms with Gasteiger partial charge in [0.1, 0.15) is 11.4 Å². The van der Waals surface area contributed by atoms with Crippen molar-refractivity contribution in [3.8, 4) is 5.69 Å². The minimum Gasteiger partial charge on any atom is -0.325 e. The highest BCUT2D eigenvalue weighted by Crippen LogP contribution is 2.26. The van der Waals surface area contributed by atoms with E-state index in [2.05, 4.69) is 27.3 Å². The molecule has 29 heavy (non-hydrogen) atoms. The molecule has 0 saturated carbocycles. The minimum atomic E-state index is -0.0762. The van der Waals surface area contributed by atoms with Crippen LogP contribution in [0.4, 0.5) is 5.69 Å². The first-order valence-electron chi connectivity index (χ1n) is 9.11. The molecule has 146 valence electrons. The zero-order valence-corrected chi connectivity index (χ0v) is 17.2. The molecule has 0 bridgehead atoms. The lowest BCUT2D eigenvalue weighted by atomic mass is 10.1. The smallest absolute Gasteiger partial charge is 0.234 e. The lowest BCUT2D eigenvalue weighted by molar-refractivity contribution is -0.113. The van der Waals surface area contributed by atoms with E-state index >= 15 is 0 Å². The molecule has 1 amide bonds. The van der Waals surface area contributed by atoms with Gasteiger partial charge in [0.2, 0.25) is 5.91 Å². The van der Waals surface area contributed by atoms with Crippen LogP contribution in [0.2, 0.25) is 5.02 Å². The lowest BCUT2D eigenvalue weighted by Crippen LogP contribution is -2.15. The Hall–Kier alpha value is -2.90. The van der Waals surface area contributed by atoms with E-state index in [4.69, 9.17) is 11.6 Å². The topological polar surface area (TPSA) is 72.7 Å². The molecule has 8 heteroatoms. The van der Waals surface area contributed by atoms with Gasteiger partial charge in [-0.25, -0.2) is 14.6 Å². The number of aromatic nitrogens is 4. The molecule has 0 atom stereocenters. The molecule has 0 fully saturated rings. The van der Waals surface area contributed by atoms with Crippen molar-refractivity contribution >= 4 is 46.0 Å². The second kappa shape index (κ2) is 8.63. The number of hydrogen-bond acceptors (Lipinski definition) is 5. The predicted molar refractivity (Wildman–Crippen MR) is 117 cm³/mol. The average molecular weight is 424 g/mol. The van der Waals surface area contributed by atoms with Gasteiger partial charge in [-0.3, -0.25) is 4.79 Å². The number of fused-ring (bicyclic) bond motifs is 1. The average Bonchev–Trinajstić information content (AvgIpc) is 3.18. The van der Waals surface area contributed by atoms with E-state index < -0.39 is 0 Å². The van der Waals surface area contributed by atoms with E-state index in [1.807, 2.05) is 36.4 Å². The van der Waals surface area contributed by atoms with E-state index in [1.54, 1.807) is 23.0 Å². The van der Waals surface area contributed by atoms with Crippen LogP contribution in [0, 0.1) is 0 Å². The summed E-state index contributed by atoms with van der Waals surface area (Å²) in [6.45, 7) is 2.07. The Labute approximate surface area is 177 Å². The highest BCUT2D eigenvalue weighted by molar-refractivity contribution is 8.00. The summed E-state index contributed by atoms with van der Waals surface area (Å²) in [5.74, 6) is 0.170. The normalized spacial score (nSPS) is 11.0. The Balaban J connectivity index is 1.51. The quantitative estimate of drug-likeness (QED) is 0.357. The first-order chi connectivity index (χ1) is 14.2. The fourth-order valence-corrected chi connectivity index (χ4v) is 3.87. The summed E-state index contributed by atoms with van der Waals surface area (Å²) in [7, 11) is 0. The number of aryl methyl sites for hydroxylation is 1. The van der Waals surface area contributed by atoms with Crippen molar-refractivity contribution in [3.05, 3.63) is 71.6 Å². The third kappa shape index (κ3) is 4.26. The number of benzene rings is 2. The Morgan fingerprint density at radius 2 is 1.93 bits per heavy atom. The third-order valence-electron chi connectivity index (χ3n) is 4.41. The zero-order chi connectivity index (χ0) is 20.2. The van der Waals surface area contributed by atoms with Crippen molar-refractivity contribution in [1.29, 1.82) is 0 Å². The van der Waals surface area contributed by atoms with Crippen molar-refractivity contribution in [1.82, 2.24) is 19.7 Å². The van der Waals surface area contributed by atoms with Crippen LogP contribution in [0.15, 0.2) is 66.1 Å². The van der Waals surface area contributed by atoms with Crippen LogP contribution in [0.25, 0.3) is 16.7 Å². The van der Waals surface area contributed by atoms with Gasteiger partial charge in [0.15, 0.2) is 5.65 Å². The number of nitrogens with one attached hydrogen (secondary N) is 1. The molecule has 2 aromatic heterocycles. The van der Waals surface area contributed by atoms with Crippen LogP contribution in [0.1, 0.15) is 12.5 Å². The summed E-state index contributed by atoms with van der Waals surface area (Å²) in [4.78, 5) is 21.1. The van der Waals surface area contributed by atoms with E-state index in [0.29, 0.717) is 15.7 Å². The Kier molecular flexibility index (Phi) is 5.78. The molecule has 0 aliphatic rings. The van der Waals surface area contributed by atoms with Gasteiger partial charge >= 0.3 is 0 Å². The summed E-state index contributed by atoms with van der Waals surface area (Å²) < 4.78 is 1.73. The van der Waals surface area contributed by atoms with Crippen molar-refractivity contribution in [2.75, 3.05) is 11.1 Å². The van der Waals surface area contributed by atoms with Gasteiger partial charge in [-0.15, -0.1) is 0 Å². The summed E-state index contributed by atoms with van der Waals surface area (Å²) >= 11 is 7.33. The number of para-hydroxylation sites is 1. The second-order valence-electron chi connectivity index (χ2n) is 6.30. The van der Waals surface area contributed by atoms with Gasteiger partial charge in [0.25, 0.3) is 0 Å². The van der Waals surface area contributed by atoms with Gasteiger partial charge in [0.05, 0.1) is 23.0 Å². The van der Waals surface area contributed by atoms with Gasteiger partial charge in [-0.2, -0.15) is 5.10 Å². The molecule has 2 heterocycles. The molecule has 0 radical (unpaired) electrons. The Morgan fingerprint density at radius 3 is 2.72 bits per heavy atom. The third-order valence-corrected chi connectivity index (χ3v) is 5.67. The summed E-state index contributed by atoms with van der Waals surface area (Å²) in [5, 5.41) is 9.59. The van der Waals surface area contributed by atoms with Crippen molar-refractivity contribution in [2.45, 2.75) is 18.4 Å². The van der Waals surface area contributed by atoms with Crippen LogP contribution in [-0.4, -0.2) is 31.4 Å². The van der Waals surface area contributed by atoms with Gasteiger partial charge < -0.3 is 5.32 Å². The van der Waals surface area contributed by atoms with Crippen LogP contribution in [-0.2, 0) is 11.2 Å². The van der Waals surface area contributed by atoms with Crippen LogP contribution in [0.3, 0.4) is 0 Å². The molecule has 2 aromatic carbocycles. The monoisotopic (exact) mass is 423 g/mol. The predicted octanol–water partition coefficient (Wildman–Crippen LogP) is 4.76. The molecule has 1 N–H and O–H groups in total. The number of hydrogen-bond donors (Lipinski definition) is 1. The number of rotatable bonds is 6. The van der Waals surface area contributed by atoms with E-state index in [1.165, 1.54) is 18.1 Å². The molecular formula is C21H18ClN5OS. The first kappa shape index (κ1) is 19.4. The highest BCUT2D eigenvalue weighted by Gasteiger charge is 2.13. The van der Waals surface area contributed by atoms with Crippen molar-refractivity contribution in [2.24, 2.45) is 0 Å². The van der Waals surface area contributed by atoms with Crippen molar-refractivity contribution < 1.29 is 4.79 Å². The Bertz CT molecular complexity index is 1160. The highest BCUT2D eigenvalue weighted by atomic mass is 35.5. The minimum absolute atomic E-state index is 0.0762. The fourth-order valence-electron chi connectivity index (χ4n) is 2.98. The number of anilines is 1. The summed E-state index contributed by atoms with van der Waals surface area (Å²) in [5.41, 5.74) is 3.50. The number of thioether (sulfide) groups is 1. The summed E-state index contributed by atoms with van der Waals surface area (Å²) in [6.07, 6.45) is 4.07.